The van der Waals surface area contributed by atoms with Gasteiger partial charge in [-0.05, 0) is 5.41 Å². The molecule has 7 nitrogen and oxygen atoms in total. The van der Waals surface area contributed by atoms with Gasteiger partial charge in [0, 0.05) is 26.1 Å². The Labute approximate surface area is 123 Å². The van der Waals surface area contributed by atoms with E-state index in [4.69, 9.17) is 9.84 Å². The third-order valence-corrected chi connectivity index (χ3v) is 4.38. The average molecular weight is 298 g/mol. The van der Waals surface area contributed by atoms with Crippen LogP contribution >= 0.6 is 0 Å². The van der Waals surface area contributed by atoms with Gasteiger partial charge in [0.05, 0.1) is 25.0 Å². The maximum absolute atomic E-state index is 12.0. The minimum Gasteiger partial charge on any atom is -0.481 e. The highest BCUT2D eigenvalue weighted by Crippen LogP contribution is 2.58. The van der Waals surface area contributed by atoms with E-state index < -0.39 is 23.2 Å². The summed E-state index contributed by atoms with van der Waals surface area (Å²) in [6, 6.07) is 0. The van der Waals surface area contributed by atoms with Crippen LogP contribution in [0, 0.1) is 17.3 Å². The lowest BCUT2D eigenvalue weighted by Gasteiger charge is -2.26. The molecule has 2 rings (SSSR count). The fourth-order valence-electron chi connectivity index (χ4n) is 2.96. The molecule has 2 aliphatic rings. The van der Waals surface area contributed by atoms with Crippen LogP contribution in [0.1, 0.15) is 20.3 Å². The van der Waals surface area contributed by atoms with Crippen LogP contribution in [0.3, 0.4) is 0 Å². The Hall–Kier alpha value is -1.63. The van der Waals surface area contributed by atoms with Crippen LogP contribution in [-0.4, -0.2) is 60.6 Å². The fraction of sp³-hybridized carbons (Fsp3) is 0.786. The van der Waals surface area contributed by atoms with Gasteiger partial charge in [0.15, 0.2) is 0 Å². The minimum absolute atomic E-state index is 0.0107. The van der Waals surface area contributed by atoms with Crippen molar-refractivity contribution in [2.45, 2.75) is 20.3 Å². The molecule has 2 atom stereocenters. The van der Waals surface area contributed by atoms with Gasteiger partial charge in [0.25, 0.3) is 0 Å². The van der Waals surface area contributed by atoms with E-state index in [1.165, 1.54) is 0 Å². The molecule has 1 heterocycles. The van der Waals surface area contributed by atoms with Gasteiger partial charge in [-0.25, -0.2) is 0 Å². The Kier molecular flexibility index (Phi) is 4.51. The van der Waals surface area contributed by atoms with Crippen LogP contribution in [0.5, 0.6) is 0 Å². The summed E-state index contributed by atoms with van der Waals surface area (Å²) in [5, 5.41) is 11.7. The molecule has 2 amide bonds. The number of hydrogen-bond donors (Lipinski definition) is 2. The Morgan fingerprint density at radius 2 is 1.86 bits per heavy atom. The summed E-state index contributed by atoms with van der Waals surface area (Å²) in [6.45, 7) is 6.06. The summed E-state index contributed by atoms with van der Waals surface area (Å²) in [6.07, 6.45) is 0.233. The second-order valence-electron chi connectivity index (χ2n) is 6.15. The molecule has 0 bridgehead atoms. The van der Waals surface area contributed by atoms with E-state index in [0.717, 1.165) is 0 Å². The van der Waals surface area contributed by atoms with Gasteiger partial charge in [-0.1, -0.05) is 13.8 Å². The van der Waals surface area contributed by atoms with E-state index in [1.54, 1.807) is 18.7 Å². The Morgan fingerprint density at radius 3 is 2.38 bits per heavy atom. The Balaban J connectivity index is 1.72. The van der Waals surface area contributed by atoms with Crippen molar-refractivity contribution in [3.8, 4) is 0 Å². The Morgan fingerprint density at radius 1 is 1.24 bits per heavy atom. The highest BCUT2D eigenvalue weighted by atomic mass is 16.5. The number of hydrogen-bond acceptors (Lipinski definition) is 4. The predicted molar refractivity (Wildman–Crippen MR) is 73.4 cm³/mol. The first kappa shape index (κ1) is 15.8. The minimum atomic E-state index is -0.940. The number of amides is 2. The molecule has 1 aliphatic carbocycles. The number of nitrogens with one attached hydrogen (secondary N) is 1. The van der Waals surface area contributed by atoms with E-state index in [9.17, 15) is 14.4 Å². The summed E-state index contributed by atoms with van der Waals surface area (Å²) in [5.41, 5.74) is -0.510. The molecule has 0 aromatic heterocycles. The van der Waals surface area contributed by atoms with Crippen LogP contribution in [0.4, 0.5) is 0 Å². The van der Waals surface area contributed by atoms with Gasteiger partial charge >= 0.3 is 5.97 Å². The summed E-state index contributed by atoms with van der Waals surface area (Å²) >= 11 is 0. The number of morpholine rings is 1. The first-order valence-corrected chi connectivity index (χ1v) is 7.21. The number of ether oxygens (including phenoxy) is 1. The number of carbonyl (C=O) groups excluding carboxylic acids is 2. The molecule has 2 fully saturated rings. The molecular formula is C14H22N2O5. The molecule has 0 radical (unpaired) electrons. The third kappa shape index (κ3) is 3.34. The van der Waals surface area contributed by atoms with Crippen molar-refractivity contribution >= 4 is 17.8 Å². The topological polar surface area (TPSA) is 95.9 Å². The van der Waals surface area contributed by atoms with Crippen LogP contribution in [-0.2, 0) is 19.1 Å². The molecule has 21 heavy (non-hydrogen) atoms. The van der Waals surface area contributed by atoms with E-state index in [-0.39, 0.29) is 24.8 Å². The molecule has 0 aromatic carbocycles. The van der Waals surface area contributed by atoms with Crippen molar-refractivity contribution in [3.05, 3.63) is 0 Å². The molecule has 1 saturated carbocycles. The number of carboxylic acids is 1. The van der Waals surface area contributed by atoms with E-state index in [1.807, 2.05) is 0 Å². The second-order valence-corrected chi connectivity index (χ2v) is 6.15. The van der Waals surface area contributed by atoms with Crippen LogP contribution in [0.2, 0.25) is 0 Å². The number of aliphatic carboxylic acids is 1. The van der Waals surface area contributed by atoms with Gasteiger partial charge in [-0.2, -0.15) is 0 Å². The van der Waals surface area contributed by atoms with Crippen LogP contribution in [0.25, 0.3) is 0 Å². The first-order chi connectivity index (χ1) is 9.85. The third-order valence-electron chi connectivity index (χ3n) is 4.38. The number of nitrogens with zero attached hydrogens (tertiary/aromatic N) is 1. The molecule has 1 aliphatic heterocycles. The van der Waals surface area contributed by atoms with Gasteiger partial charge in [-0.15, -0.1) is 0 Å². The molecule has 7 heteroatoms. The highest BCUT2D eigenvalue weighted by molar-refractivity contribution is 5.91. The normalized spacial score (nSPS) is 27.0. The van der Waals surface area contributed by atoms with Crippen molar-refractivity contribution in [2.75, 3.05) is 32.8 Å². The molecule has 1 saturated heterocycles. The lowest BCUT2D eigenvalue weighted by Crippen LogP contribution is -2.42. The average Bonchev–Trinajstić information content (AvgIpc) is 3.02. The Bertz CT molecular complexity index is 443. The van der Waals surface area contributed by atoms with E-state index in [2.05, 4.69) is 5.32 Å². The highest BCUT2D eigenvalue weighted by Gasteiger charge is 2.65. The summed E-state index contributed by atoms with van der Waals surface area (Å²) in [5.74, 6) is -2.36. The second kappa shape index (κ2) is 6.01. The van der Waals surface area contributed by atoms with Crippen LogP contribution < -0.4 is 5.32 Å². The van der Waals surface area contributed by atoms with Crippen LogP contribution in [0.15, 0.2) is 0 Å². The largest absolute Gasteiger partial charge is 0.481 e. The van der Waals surface area contributed by atoms with Gasteiger partial charge in [0.1, 0.15) is 0 Å². The van der Waals surface area contributed by atoms with Crippen molar-refractivity contribution < 1.29 is 24.2 Å². The van der Waals surface area contributed by atoms with E-state index >= 15 is 0 Å². The molecule has 0 aromatic rings. The van der Waals surface area contributed by atoms with Gasteiger partial charge in [-0.3, -0.25) is 14.4 Å². The smallest absolute Gasteiger partial charge is 0.307 e. The van der Waals surface area contributed by atoms with Crippen molar-refractivity contribution in [3.63, 3.8) is 0 Å². The van der Waals surface area contributed by atoms with Crippen molar-refractivity contribution in [1.82, 2.24) is 10.2 Å². The molecular weight excluding hydrogens is 276 g/mol. The molecule has 118 valence electrons. The summed E-state index contributed by atoms with van der Waals surface area (Å²) in [4.78, 5) is 36.6. The number of carbonyl (C=O) groups is 3. The zero-order valence-electron chi connectivity index (χ0n) is 12.4. The predicted octanol–water partition coefficient (Wildman–Crippen LogP) is -0.292. The number of rotatable bonds is 5. The van der Waals surface area contributed by atoms with Crippen molar-refractivity contribution in [2.24, 2.45) is 17.3 Å². The van der Waals surface area contributed by atoms with E-state index in [0.29, 0.717) is 26.3 Å². The quantitative estimate of drug-likeness (QED) is 0.727. The van der Waals surface area contributed by atoms with Crippen molar-refractivity contribution in [1.29, 1.82) is 0 Å². The van der Waals surface area contributed by atoms with Gasteiger partial charge < -0.3 is 20.1 Å². The zero-order chi connectivity index (χ0) is 15.6. The SMILES string of the molecule is CC1(C)C(C(=O)O)C1C(=O)NCCC(=O)N1CCOCC1. The molecule has 0 spiro atoms. The maximum atomic E-state index is 12.0. The zero-order valence-corrected chi connectivity index (χ0v) is 12.4. The standard InChI is InChI=1S/C14H22N2O5/c1-14(2)10(11(14)13(19)20)12(18)15-4-3-9(17)16-5-7-21-8-6-16/h10-11H,3-8H2,1-2H3,(H,15,18)(H,19,20). The summed E-state index contributed by atoms with van der Waals surface area (Å²) < 4.78 is 5.17. The lowest BCUT2D eigenvalue weighted by atomic mass is 10.1. The first-order valence-electron chi connectivity index (χ1n) is 7.21. The maximum Gasteiger partial charge on any atom is 0.307 e. The molecule has 2 unspecified atom stereocenters. The fourth-order valence-corrected chi connectivity index (χ4v) is 2.96. The molecule has 2 N–H and O–H groups in total. The number of carboxylic acid groups (broad SMARTS) is 1. The van der Waals surface area contributed by atoms with Gasteiger partial charge in [0.2, 0.25) is 11.8 Å². The lowest BCUT2D eigenvalue weighted by molar-refractivity contribution is -0.140. The summed E-state index contributed by atoms with van der Waals surface area (Å²) in [7, 11) is 0. The monoisotopic (exact) mass is 298 g/mol.